The van der Waals surface area contributed by atoms with Crippen LogP contribution in [0.25, 0.3) is 0 Å². The molecular formula is C15H22ClNO. The molecule has 0 spiro atoms. The van der Waals surface area contributed by atoms with Crippen LogP contribution in [0.15, 0.2) is 24.3 Å². The molecule has 18 heavy (non-hydrogen) atoms. The second kappa shape index (κ2) is 6.55. The van der Waals surface area contributed by atoms with Gasteiger partial charge in [-0.15, -0.1) is 0 Å². The van der Waals surface area contributed by atoms with Crippen molar-refractivity contribution in [1.29, 1.82) is 0 Å². The first-order valence-corrected chi connectivity index (χ1v) is 7.17. The van der Waals surface area contributed by atoms with Gasteiger partial charge in [0, 0.05) is 17.7 Å². The highest BCUT2D eigenvalue weighted by atomic mass is 35.5. The van der Waals surface area contributed by atoms with Gasteiger partial charge in [-0.3, -0.25) is 0 Å². The van der Waals surface area contributed by atoms with Gasteiger partial charge < -0.3 is 10.5 Å². The Labute approximate surface area is 114 Å². The Kier molecular flexibility index (Phi) is 5.04. The van der Waals surface area contributed by atoms with Gasteiger partial charge in [-0.25, -0.2) is 0 Å². The van der Waals surface area contributed by atoms with Crippen molar-refractivity contribution in [2.45, 2.75) is 44.8 Å². The average Bonchev–Trinajstić information content (AvgIpc) is 2.28. The summed E-state index contributed by atoms with van der Waals surface area (Å²) in [5.74, 6) is 0.879. The average molecular weight is 268 g/mol. The molecule has 0 radical (unpaired) electrons. The highest BCUT2D eigenvalue weighted by molar-refractivity contribution is 6.30. The van der Waals surface area contributed by atoms with Crippen LogP contribution in [-0.2, 0) is 4.74 Å². The largest absolute Gasteiger partial charge is 0.372 e. The van der Waals surface area contributed by atoms with Crippen LogP contribution in [0.1, 0.15) is 44.3 Å². The SMILES string of the molecule is CC(N)C(OCCC1CCC1)c1ccc(Cl)cc1. The van der Waals surface area contributed by atoms with E-state index in [1.165, 1.54) is 19.3 Å². The van der Waals surface area contributed by atoms with E-state index in [-0.39, 0.29) is 12.1 Å². The maximum Gasteiger partial charge on any atom is 0.0972 e. The second-order valence-electron chi connectivity index (χ2n) is 5.29. The van der Waals surface area contributed by atoms with Crippen LogP contribution >= 0.6 is 11.6 Å². The number of halogens is 1. The Morgan fingerprint density at radius 1 is 1.33 bits per heavy atom. The van der Waals surface area contributed by atoms with E-state index in [4.69, 9.17) is 22.1 Å². The molecule has 2 rings (SSSR count). The number of benzene rings is 1. The van der Waals surface area contributed by atoms with E-state index < -0.39 is 0 Å². The number of nitrogens with two attached hydrogens (primary N) is 1. The van der Waals surface area contributed by atoms with Gasteiger partial charge in [-0.2, -0.15) is 0 Å². The van der Waals surface area contributed by atoms with Gasteiger partial charge in [0.05, 0.1) is 6.10 Å². The van der Waals surface area contributed by atoms with Crippen LogP contribution < -0.4 is 5.73 Å². The maximum absolute atomic E-state index is 6.01. The van der Waals surface area contributed by atoms with Gasteiger partial charge in [0.15, 0.2) is 0 Å². The summed E-state index contributed by atoms with van der Waals surface area (Å²) in [5, 5.41) is 0.747. The van der Waals surface area contributed by atoms with Gasteiger partial charge in [-0.05, 0) is 37.0 Å². The molecule has 1 aromatic carbocycles. The van der Waals surface area contributed by atoms with Crippen molar-refractivity contribution in [2.24, 2.45) is 11.7 Å². The zero-order valence-electron chi connectivity index (χ0n) is 10.9. The topological polar surface area (TPSA) is 35.2 Å². The van der Waals surface area contributed by atoms with Crippen LogP contribution in [0, 0.1) is 5.92 Å². The van der Waals surface area contributed by atoms with Crippen LogP contribution in [0.3, 0.4) is 0 Å². The highest BCUT2D eigenvalue weighted by Crippen LogP contribution is 2.30. The van der Waals surface area contributed by atoms with Crippen molar-refractivity contribution < 1.29 is 4.74 Å². The van der Waals surface area contributed by atoms with E-state index in [0.29, 0.717) is 0 Å². The van der Waals surface area contributed by atoms with E-state index >= 15 is 0 Å². The molecule has 100 valence electrons. The summed E-state index contributed by atoms with van der Waals surface area (Å²) < 4.78 is 5.97. The maximum atomic E-state index is 6.01. The minimum Gasteiger partial charge on any atom is -0.372 e. The van der Waals surface area contributed by atoms with E-state index in [2.05, 4.69) is 0 Å². The molecule has 0 heterocycles. The van der Waals surface area contributed by atoms with Crippen molar-refractivity contribution in [3.8, 4) is 0 Å². The molecular weight excluding hydrogens is 246 g/mol. The monoisotopic (exact) mass is 267 g/mol. The smallest absolute Gasteiger partial charge is 0.0972 e. The summed E-state index contributed by atoms with van der Waals surface area (Å²) in [7, 11) is 0. The van der Waals surface area contributed by atoms with Gasteiger partial charge in [0.25, 0.3) is 0 Å². The van der Waals surface area contributed by atoms with Crippen molar-refractivity contribution in [3.05, 3.63) is 34.9 Å². The first-order valence-electron chi connectivity index (χ1n) is 6.79. The van der Waals surface area contributed by atoms with E-state index in [9.17, 15) is 0 Å². The summed E-state index contributed by atoms with van der Waals surface area (Å²) in [6.45, 7) is 2.79. The third-order valence-electron chi connectivity index (χ3n) is 3.72. The Morgan fingerprint density at radius 3 is 2.50 bits per heavy atom. The lowest BCUT2D eigenvalue weighted by Gasteiger charge is -2.27. The molecule has 1 aromatic rings. The molecule has 0 bridgehead atoms. The fraction of sp³-hybridized carbons (Fsp3) is 0.600. The lowest BCUT2D eigenvalue weighted by molar-refractivity contribution is 0.0245. The summed E-state index contributed by atoms with van der Waals surface area (Å²) in [5.41, 5.74) is 7.13. The van der Waals surface area contributed by atoms with Crippen molar-refractivity contribution in [2.75, 3.05) is 6.61 Å². The normalized spacial score (nSPS) is 19.3. The molecule has 0 aliphatic heterocycles. The summed E-state index contributed by atoms with van der Waals surface area (Å²) in [6, 6.07) is 7.77. The fourth-order valence-electron chi connectivity index (χ4n) is 2.35. The lowest BCUT2D eigenvalue weighted by Crippen LogP contribution is -2.28. The minimum atomic E-state index is -0.0256. The van der Waals surface area contributed by atoms with Gasteiger partial charge in [-0.1, -0.05) is 43.0 Å². The van der Waals surface area contributed by atoms with Gasteiger partial charge in [0.2, 0.25) is 0 Å². The molecule has 1 fully saturated rings. The Bertz CT molecular complexity index is 359. The Balaban J connectivity index is 1.88. The lowest BCUT2D eigenvalue weighted by atomic mass is 9.83. The fourth-order valence-corrected chi connectivity index (χ4v) is 2.47. The van der Waals surface area contributed by atoms with E-state index in [0.717, 1.165) is 29.5 Å². The third-order valence-corrected chi connectivity index (χ3v) is 3.98. The van der Waals surface area contributed by atoms with Gasteiger partial charge >= 0.3 is 0 Å². The Morgan fingerprint density at radius 2 is 2.00 bits per heavy atom. The molecule has 0 aromatic heterocycles. The van der Waals surface area contributed by atoms with Crippen LogP contribution in [-0.4, -0.2) is 12.6 Å². The number of hydrogen-bond donors (Lipinski definition) is 1. The highest BCUT2D eigenvalue weighted by Gasteiger charge is 2.20. The number of ether oxygens (including phenoxy) is 1. The molecule has 2 nitrogen and oxygen atoms in total. The molecule has 2 N–H and O–H groups in total. The van der Waals surface area contributed by atoms with Crippen molar-refractivity contribution in [3.63, 3.8) is 0 Å². The second-order valence-corrected chi connectivity index (χ2v) is 5.72. The molecule has 0 amide bonds. The molecule has 1 aliphatic rings. The zero-order valence-corrected chi connectivity index (χ0v) is 11.7. The molecule has 3 heteroatoms. The third kappa shape index (κ3) is 3.71. The van der Waals surface area contributed by atoms with E-state index in [1.54, 1.807) is 0 Å². The first-order chi connectivity index (χ1) is 8.66. The van der Waals surface area contributed by atoms with Gasteiger partial charge in [0.1, 0.15) is 0 Å². The minimum absolute atomic E-state index is 0.00688. The quantitative estimate of drug-likeness (QED) is 0.847. The summed E-state index contributed by atoms with van der Waals surface area (Å²) in [6.07, 6.45) is 5.26. The number of hydrogen-bond acceptors (Lipinski definition) is 2. The number of rotatable bonds is 6. The molecule has 0 saturated heterocycles. The summed E-state index contributed by atoms with van der Waals surface area (Å²) in [4.78, 5) is 0. The predicted molar refractivity (Wildman–Crippen MR) is 75.8 cm³/mol. The van der Waals surface area contributed by atoms with Crippen molar-refractivity contribution in [1.82, 2.24) is 0 Å². The van der Waals surface area contributed by atoms with Crippen LogP contribution in [0.2, 0.25) is 5.02 Å². The molecule has 1 aliphatic carbocycles. The standard InChI is InChI=1S/C15H22ClNO/c1-11(17)15(13-5-7-14(16)8-6-13)18-10-9-12-3-2-4-12/h5-8,11-12,15H,2-4,9-10,17H2,1H3. The predicted octanol–water partition coefficient (Wildman–Crippen LogP) is 3.94. The summed E-state index contributed by atoms with van der Waals surface area (Å²) >= 11 is 5.90. The van der Waals surface area contributed by atoms with Crippen molar-refractivity contribution >= 4 is 11.6 Å². The van der Waals surface area contributed by atoms with E-state index in [1.807, 2.05) is 31.2 Å². The first kappa shape index (κ1) is 13.9. The Hall–Kier alpha value is -0.570. The molecule has 1 saturated carbocycles. The van der Waals surface area contributed by atoms with Crippen LogP contribution in [0.4, 0.5) is 0 Å². The molecule has 2 unspecified atom stereocenters. The van der Waals surface area contributed by atoms with Crippen LogP contribution in [0.5, 0.6) is 0 Å². The molecule has 2 atom stereocenters. The zero-order chi connectivity index (χ0) is 13.0.